The number of fused-ring (bicyclic) bond motifs is 2. The largest absolute Gasteiger partial charge is 0.493 e. The number of carboxylic acid groups (broad SMARTS) is 1. The van der Waals surface area contributed by atoms with E-state index in [9.17, 15) is 14.7 Å². The van der Waals surface area contributed by atoms with Gasteiger partial charge in [0.25, 0.3) is 0 Å². The normalized spacial score (nSPS) is 16.9. The van der Waals surface area contributed by atoms with Gasteiger partial charge in [0, 0.05) is 12.8 Å². The van der Waals surface area contributed by atoms with E-state index in [-0.39, 0.29) is 5.91 Å². The Morgan fingerprint density at radius 2 is 1.28 bits per heavy atom. The highest BCUT2D eigenvalue weighted by Crippen LogP contribution is 2.51. The van der Waals surface area contributed by atoms with Crippen LogP contribution in [0, 0.1) is 13.8 Å². The van der Waals surface area contributed by atoms with Gasteiger partial charge in [-0.15, -0.1) is 0 Å². The molecule has 0 unspecified atom stereocenters. The van der Waals surface area contributed by atoms with Crippen LogP contribution in [0.15, 0.2) is 60.7 Å². The van der Waals surface area contributed by atoms with Crippen LogP contribution in [0.2, 0.25) is 10.3 Å². The zero-order valence-electron chi connectivity index (χ0n) is 26.2. The SMILES string of the molecule is Cc1cc(Cl)nc(NC(=O)C2(c3ccc4c(c3)CCO4)CC2)c1.Cc1cc(N)nc(Cl)c1.O=C(O)C1(c2ccc3c(c2)CCO3)CC1. The molecule has 0 atom stereocenters. The van der Waals surface area contributed by atoms with Gasteiger partial charge < -0.3 is 25.6 Å². The molecule has 2 saturated carbocycles. The maximum atomic E-state index is 12.8. The van der Waals surface area contributed by atoms with Crippen molar-refractivity contribution in [2.24, 2.45) is 0 Å². The van der Waals surface area contributed by atoms with Gasteiger partial charge in [0.05, 0.1) is 24.0 Å². The minimum atomic E-state index is -0.693. The Kier molecular flexibility index (Phi) is 9.05. The fraction of sp³-hybridized carbons (Fsp3) is 0.333. The van der Waals surface area contributed by atoms with E-state index >= 15 is 0 Å². The lowest BCUT2D eigenvalue weighted by molar-refractivity contribution is -0.140. The van der Waals surface area contributed by atoms with E-state index < -0.39 is 16.8 Å². The van der Waals surface area contributed by atoms with Crippen molar-refractivity contribution in [3.05, 3.63) is 104 Å². The molecule has 244 valence electrons. The number of anilines is 2. The molecule has 9 nitrogen and oxygen atoms in total. The molecule has 11 heteroatoms. The first-order chi connectivity index (χ1) is 22.5. The number of hydrogen-bond donors (Lipinski definition) is 3. The van der Waals surface area contributed by atoms with Gasteiger partial charge >= 0.3 is 5.97 Å². The summed E-state index contributed by atoms with van der Waals surface area (Å²) in [5, 5.41) is 12.9. The molecule has 47 heavy (non-hydrogen) atoms. The van der Waals surface area contributed by atoms with Crippen LogP contribution in [0.1, 0.15) is 59.1 Å². The van der Waals surface area contributed by atoms with Crippen LogP contribution in [0.25, 0.3) is 0 Å². The third-order valence-electron chi connectivity index (χ3n) is 8.97. The number of carboxylic acids is 1. The number of nitrogens with one attached hydrogen (secondary N) is 1. The Labute approximate surface area is 283 Å². The molecule has 1 amide bonds. The monoisotopic (exact) mass is 674 g/mol. The van der Waals surface area contributed by atoms with E-state index in [4.69, 9.17) is 38.4 Å². The van der Waals surface area contributed by atoms with Gasteiger partial charge in [-0.3, -0.25) is 9.59 Å². The molecule has 4 N–H and O–H groups in total. The van der Waals surface area contributed by atoms with Crippen LogP contribution in [-0.4, -0.2) is 40.2 Å². The minimum absolute atomic E-state index is 0.00877. The van der Waals surface area contributed by atoms with Crippen LogP contribution in [-0.2, 0) is 33.3 Å². The summed E-state index contributed by atoms with van der Waals surface area (Å²) in [6.45, 7) is 5.29. The van der Waals surface area contributed by atoms with Gasteiger partial charge in [-0.2, -0.15) is 0 Å². The molecule has 8 rings (SSSR count). The summed E-state index contributed by atoms with van der Waals surface area (Å²) in [6, 6.07) is 19.0. The Bertz CT molecular complexity index is 1780. The van der Waals surface area contributed by atoms with Gasteiger partial charge in [0.15, 0.2) is 0 Å². The van der Waals surface area contributed by atoms with E-state index in [2.05, 4.69) is 21.4 Å². The molecule has 0 bridgehead atoms. The number of aryl methyl sites for hydroxylation is 2. The first-order valence-corrected chi connectivity index (χ1v) is 16.3. The zero-order chi connectivity index (χ0) is 33.3. The number of aliphatic carboxylic acids is 1. The van der Waals surface area contributed by atoms with Crippen LogP contribution in [0.5, 0.6) is 11.5 Å². The summed E-state index contributed by atoms with van der Waals surface area (Å²) >= 11 is 11.5. The van der Waals surface area contributed by atoms with Crippen molar-refractivity contribution in [3.8, 4) is 11.5 Å². The van der Waals surface area contributed by atoms with Gasteiger partial charge in [-0.05, 0) is 109 Å². The van der Waals surface area contributed by atoms with Crippen LogP contribution >= 0.6 is 23.2 Å². The predicted octanol–water partition coefficient (Wildman–Crippen LogP) is 7.01. The highest BCUT2D eigenvalue weighted by atomic mass is 35.5. The standard InChI is InChI=1S/C18H17ClN2O2.C12H12O3.C6H7ClN2/c1-11-8-15(19)20-16(9-11)21-17(22)18(5-6-18)13-2-3-14-12(10-13)4-7-23-14;13-11(14)12(4-5-12)9-1-2-10-8(7-9)3-6-15-10;1-4-2-5(7)9-6(8)3-4/h2-3,8-10H,4-7H2,1H3,(H,20,21,22);1-2,7H,3-6H2,(H,13,14);2-3H,1H3,(H2,8,9). The highest BCUT2D eigenvalue weighted by Gasteiger charge is 2.52. The Morgan fingerprint density at radius 1 is 0.766 bits per heavy atom. The lowest BCUT2D eigenvalue weighted by Crippen LogP contribution is -2.28. The van der Waals surface area contributed by atoms with Crippen molar-refractivity contribution >= 4 is 46.7 Å². The number of amides is 1. The number of rotatable bonds is 5. The predicted molar refractivity (Wildman–Crippen MR) is 182 cm³/mol. The lowest BCUT2D eigenvalue weighted by Gasteiger charge is -2.16. The molecule has 2 aliphatic carbocycles. The van der Waals surface area contributed by atoms with E-state index in [0.717, 1.165) is 91.1 Å². The third kappa shape index (κ3) is 7.16. The summed E-state index contributed by atoms with van der Waals surface area (Å²) in [5.74, 6) is 2.14. The molecule has 4 aromatic rings. The molecule has 4 heterocycles. The van der Waals surface area contributed by atoms with Crippen molar-refractivity contribution in [2.45, 2.75) is 63.2 Å². The van der Waals surface area contributed by atoms with Crippen LogP contribution in [0.3, 0.4) is 0 Å². The molecular formula is C36H36Cl2N4O5. The second-order valence-electron chi connectivity index (χ2n) is 12.5. The fourth-order valence-electron chi connectivity index (χ4n) is 6.07. The quantitative estimate of drug-likeness (QED) is 0.192. The van der Waals surface area contributed by atoms with Gasteiger partial charge in [-0.1, -0.05) is 47.5 Å². The second-order valence-corrected chi connectivity index (χ2v) is 13.3. The zero-order valence-corrected chi connectivity index (χ0v) is 27.8. The number of nitrogen functional groups attached to an aromatic ring is 1. The average molecular weight is 676 g/mol. The second kappa shape index (κ2) is 13.0. The third-order valence-corrected chi connectivity index (χ3v) is 9.35. The molecular weight excluding hydrogens is 639 g/mol. The van der Waals surface area contributed by atoms with E-state index in [1.54, 1.807) is 18.2 Å². The first kappa shape index (κ1) is 32.6. The molecule has 2 fully saturated rings. The van der Waals surface area contributed by atoms with Crippen molar-refractivity contribution in [1.29, 1.82) is 0 Å². The number of nitrogens with two attached hydrogens (primary N) is 1. The fourth-order valence-corrected chi connectivity index (χ4v) is 6.60. The molecule has 2 aliphatic heterocycles. The number of carbonyl (C=O) groups excluding carboxylic acids is 1. The number of hydrogen-bond acceptors (Lipinski definition) is 7. The Balaban J connectivity index is 0.000000138. The minimum Gasteiger partial charge on any atom is -0.493 e. The Hall–Kier alpha value is -4.34. The lowest BCUT2D eigenvalue weighted by atomic mass is 9.93. The van der Waals surface area contributed by atoms with Crippen molar-refractivity contribution in [2.75, 3.05) is 24.3 Å². The maximum Gasteiger partial charge on any atom is 0.314 e. The summed E-state index contributed by atoms with van der Waals surface area (Å²) in [6.07, 6.45) is 5.06. The molecule has 0 saturated heterocycles. The van der Waals surface area contributed by atoms with Crippen molar-refractivity contribution in [3.63, 3.8) is 0 Å². The van der Waals surface area contributed by atoms with Crippen LogP contribution in [0.4, 0.5) is 11.6 Å². The number of nitrogens with zero attached hydrogens (tertiary/aromatic N) is 2. The highest BCUT2D eigenvalue weighted by molar-refractivity contribution is 6.29. The molecule has 2 aromatic heterocycles. The number of ether oxygens (including phenoxy) is 2. The van der Waals surface area contributed by atoms with Gasteiger partial charge in [0.2, 0.25) is 5.91 Å². The summed E-state index contributed by atoms with van der Waals surface area (Å²) in [4.78, 5) is 31.9. The number of aromatic nitrogens is 2. The maximum absolute atomic E-state index is 12.8. The Morgan fingerprint density at radius 3 is 1.74 bits per heavy atom. The number of carbonyl (C=O) groups is 2. The molecule has 2 aromatic carbocycles. The molecule has 4 aliphatic rings. The van der Waals surface area contributed by atoms with Crippen molar-refractivity contribution in [1.82, 2.24) is 9.97 Å². The summed E-state index contributed by atoms with van der Waals surface area (Å²) in [5.41, 5.74) is 10.7. The van der Waals surface area contributed by atoms with E-state index in [0.29, 0.717) is 21.9 Å². The first-order valence-electron chi connectivity index (χ1n) is 15.6. The summed E-state index contributed by atoms with van der Waals surface area (Å²) < 4.78 is 10.9. The summed E-state index contributed by atoms with van der Waals surface area (Å²) in [7, 11) is 0. The molecule has 0 spiro atoms. The number of benzene rings is 2. The number of pyridine rings is 2. The van der Waals surface area contributed by atoms with Crippen molar-refractivity contribution < 1.29 is 24.2 Å². The topological polar surface area (TPSA) is 137 Å². The number of halogens is 2. The average Bonchev–Trinajstić information content (AvgIpc) is 3.90. The van der Waals surface area contributed by atoms with Crippen LogP contribution < -0.4 is 20.5 Å². The molecule has 0 radical (unpaired) electrons. The van der Waals surface area contributed by atoms with E-state index in [1.807, 2.05) is 50.2 Å². The van der Waals surface area contributed by atoms with Gasteiger partial charge in [-0.25, -0.2) is 9.97 Å². The van der Waals surface area contributed by atoms with E-state index in [1.165, 1.54) is 5.56 Å². The smallest absolute Gasteiger partial charge is 0.314 e. The van der Waals surface area contributed by atoms with Gasteiger partial charge in [0.1, 0.15) is 33.4 Å².